The molecule has 0 aliphatic carbocycles. The van der Waals surface area contributed by atoms with E-state index in [0.29, 0.717) is 0 Å². The van der Waals surface area contributed by atoms with Crippen LogP contribution in [-0.2, 0) is 0 Å². The van der Waals surface area contributed by atoms with Gasteiger partial charge in [0.15, 0.2) is 0 Å². The van der Waals surface area contributed by atoms with Crippen LogP contribution < -0.4 is 5.32 Å². The predicted molar refractivity (Wildman–Crippen MR) is 46.0 cm³/mol. The van der Waals surface area contributed by atoms with Crippen molar-refractivity contribution in [2.24, 2.45) is 0 Å². The van der Waals surface area contributed by atoms with Gasteiger partial charge in [-0.05, 0) is 28.1 Å². The van der Waals surface area contributed by atoms with Gasteiger partial charge >= 0.3 is 0 Å². The van der Waals surface area contributed by atoms with Crippen LogP contribution in [0.15, 0.2) is 22.8 Å². The van der Waals surface area contributed by atoms with E-state index in [1.165, 1.54) is 0 Å². The average molecular weight is 212 g/mol. The predicted octanol–water partition coefficient (Wildman–Crippen LogP) is 1.78. The number of rotatable bonds is 2. The van der Waals surface area contributed by atoms with Gasteiger partial charge in [-0.3, -0.25) is 0 Å². The largest absolute Gasteiger partial charge is 0.357 e. The summed E-state index contributed by atoms with van der Waals surface area (Å²) in [4.78, 5) is 4.01. The van der Waals surface area contributed by atoms with Crippen LogP contribution in [0.3, 0.4) is 0 Å². The lowest BCUT2D eigenvalue weighted by atomic mass is 10.4. The van der Waals surface area contributed by atoms with E-state index in [1.54, 1.807) is 12.3 Å². The number of nitriles is 1. The van der Waals surface area contributed by atoms with E-state index in [2.05, 4.69) is 26.2 Å². The van der Waals surface area contributed by atoms with Gasteiger partial charge in [-0.15, -0.1) is 0 Å². The van der Waals surface area contributed by atoms with E-state index in [1.807, 2.05) is 12.1 Å². The Bertz CT molecular complexity index is 262. The van der Waals surface area contributed by atoms with Gasteiger partial charge in [0.05, 0.1) is 6.07 Å². The highest BCUT2D eigenvalue weighted by atomic mass is 79.9. The quantitative estimate of drug-likeness (QED) is 0.760. The Morgan fingerprint density at radius 1 is 1.64 bits per heavy atom. The molecular formula is C7H6BrN3. The summed E-state index contributed by atoms with van der Waals surface area (Å²) in [7, 11) is 0. The van der Waals surface area contributed by atoms with Crippen LogP contribution in [0.5, 0.6) is 0 Å². The van der Waals surface area contributed by atoms with Gasteiger partial charge in [0.2, 0.25) is 0 Å². The third-order valence-corrected chi connectivity index (χ3v) is 1.55. The molecular weight excluding hydrogens is 206 g/mol. The SMILES string of the molecule is N#CCNc1ccc(Br)cn1. The van der Waals surface area contributed by atoms with Gasteiger partial charge in [0.25, 0.3) is 0 Å². The van der Waals surface area contributed by atoms with Gasteiger partial charge in [-0.2, -0.15) is 5.26 Å². The number of nitrogens with zero attached hydrogens (tertiary/aromatic N) is 2. The minimum atomic E-state index is 0.286. The molecule has 0 radical (unpaired) electrons. The standard InChI is InChI=1S/C7H6BrN3/c8-6-1-2-7(11-5-6)10-4-3-9/h1-2,5H,4H2,(H,10,11). The number of hydrogen-bond donors (Lipinski definition) is 1. The molecule has 4 heteroatoms. The number of anilines is 1. The molecule has 3 nitrogen and oxygen atoms in total. The second kappa shape index (κ2) is 3.94. The third-order valence-electron chi connectivity index (χ3n) is 1.08. The first-order chi connectivity index (χ1) is 5.33. The Hall–Kier alpha value is -1.08. The molecule has 1 heterocycles. The number of hydrogen-bond acceptors (Lipinski definition) is 3. The van der Waals surface area contributed by atoms with Crippen molar-refractivity contribution in [2.45, 2.75) is 0 Å². The molecule has 0 saturated carbocycles. The summed E-state index contributed by atoms with van der Waals surface area (Å²) in [5.41, 5.74) is 0. The van der Waals surface area contributed by atoms with Crippen LogP contribution >= 0.6 is 15.9 Å². The van der Waals surface area contributed by atoms with Gasteiger partial charge in [-0.1, -0.05) is 0 Å². The van der Waals surface area contributed by atoms with Crippen LogP contribution in [0.1, 0.15) is 0 Å². The maximum atomic E-state index is 8.23. The molecule has 1 N–H and O–H groups in total. The van der Waals surface area contributed by atoms with Crippen molar-refractivity contribution in [1.82, 2.24) is 4.98 Å². The zero-order valence-electron chi connectivity index (χ0n) is 5.71. The molecule has 0 aromatic carbocycles. The number of nitrogens with one attached hydrogen (secondary N) is 1. The first kappa shape index (κ1) is 8.02. The zero-order valence-corrected chi connectivity index (χ0v) is 7.30. The lowest BCUT2D eigenvalue weighted by Crippen LogP contribution is -1.99. The zero-order chi connectivity index (χ0) is 8.10. The van der Waals surface area contributed by atoms with Crippen LogP contribution in [0, 0.1) is 11.3 Å². The molecule has 0 amide bonds. The molecule has 1 rings (SSSR count). The fourth-order valence-corrected chi connectivity index (χ4v) is 0.845. The second-order valence-electron chi connectivity index (χ2n) is 1.87. The van der Waals surface area contributed by atoms with Gasteiger partial charge in [-0.25, -0.2) is 4.98 Å². The van der Waals surface area contributed by atoms with Crippen LogP contribution in [0.4, 0.5) is 5.82 Å². The molecule has 1 aromatic rings. The Labute approximate surface area is 73.2 Å². The number of pyridine rings is 1. The maximum Gasteiger partial charge on any atom is 0.126 e. The molecule has 0 atom stereocenters. The van der Waals surface area contributed by atoms with Crippen LogP contribution in [-0.4, -0.2) is 11.5 Å². The van der Waals surface area contributed by atoms with E-state index in [9.17, 15) is 0 Å². The van der Waals surface area contributed by atoms with Gasteiger partial charge in [0, 0.05) is 10.7 Å². The minimum absolute atomic E-state index is 0.286. The van der Waals surface area contributed by atoms with E-state index in [4.69, 9.17) is 5.26 Å². The third kappa shape index (κ3) is 2.56. The second-order valence-corrected chi connectivity index (χ2v) is 2.79. The van der Waals surface area contributed by atoms with Crippen molar-refractivity contribution in [2.75, 3.05) is 11.9 Å². The molecule has 0 spiro atoms. The van der Waals surface area contributed by atoms with Crippen molar-refractivity contribution >= 4 is 21.7 Å². The molecule has 0 aliphatic heterocycles. The van der Waals surface area contributed by atoms with Crippen molar-refractivity contribution < 1.29 is 0 Å². The summed E-state index contributed by atoms with van der Waals surface area (Å²) >= 11 is 3.26. The summed E-state index contributed by atoms with van der Waals surface area (Å²) in [6.45, 7) is 0.286. The lowest BCUT2D eigenvalue weighted by molar-refractivity contribution is 1.22. The number of aromatic nitrogens is 1. The lowest BCUT2D eigenvalue weighted by Gasteiger charge is -1.98. The molecule has 0 unspecified atom stereocenters. The Morgan fingerprint density at radius 2 is 2.45 bits per heavy atom. The Morgan fingerprint density at radius 3 is 3.00 bits per heavy atom. The van der Waals surface area contributed by atoms with E-state index < -0.39 is 0 Å². The van der Waals surface area contributed by atoms with Crippen LogP contribution in [0.25, 0.3) is 0 Å². The van der Waals surface area contributed by atoms with Crippen molar-refractivity contribution in [3.63, 3.8) is 0 Å². The highest BCUT2D eigenvalue weighted by Gasteiger charge is 1.90. The smallest absolute Gasteiger partial charge is 0.126 e. The first-order valence-electron chi connectivity index (χ1n) is 3.05. The average Bonchev–Trinajstić information content (AvgIpc) is 2.04. The molecule has 1 aromatic heterocycles. The minimum Gasteiger partial charge on any atom is -0.357 e. The van der Waals surface area contributed by atoms with Crippen LogP contribution in [0.2, 0.25) is 0 Å². The molecule has 56 valence electrons. The van der Waals surface area contributed by atoms with Gasteiger partial charge < -0.3 is 5.32 Å². The van der Waals surface area contributed by atoms with Crippen molar-refractivity contribution in [1.29, 1.82) is 5.26 Å². The summed E-state index contributed by atoms with van der Waals surface area (Å²) in [5.74, 6) is 0.717. The fourth-order valence-electron chi connectivity index (χ4n) is 0.610. The molecule has 0 aliphatic rings. The number of halogens is 1. The summed E-state index contributed by atoms with van der Waals surface area (Å²) in [5, 5.41) is 11.1. The summed E-state index contributed by atoms with van der Waals surface area (Å²) < 4.78 is 0.931. The Balaban J connectivity index is 2.60. The summed E-state index contributed by atoms with van der Waals surface area (Å²) in [6, 6.07) is 5.64. The molecule has 11 heavy (non-hydrogen) atoms. The highest BCUT2D eigenvalue weighted by molar-refractivity contribution is 9.10. The van der Waals surface area contributed by atoms with Crippen molar-refractivity contribution in [3.05, 3.63) is 22.8 Å². The first-order valence-corrected chi connectivity index (χ1v) is 3.84. The summed E-state index contributed by atoms with van der Waals surface area (Å²) in [6.07, 6.45) is 1.68. The molecule has 0 bridgehead atoms. The van der Waals surface area contributed by atoms with E-state index >= 15 is 0 Å². The molecule has 0 fully saturated rings. The fraction of sp³-hybridized carbons (Fsp3) is 0.143. The molecule has 0 saturated heterocycles. The van der Waals surface area contributed by atoms with Crippen molar-refractivity contribution in [3.8, 4) is 6.07 Å². The highest BCUT2D eigenvalue weighted by Crippen LogP contribution is 2.09. The topological polar surface area (TPSA) is 48.7 Å². The van der Waals surface area contributed by atoms with Gasteiger partial charge in [0.1, 0.15) is 12.4 Å². The Kier molecular flexibility index (Phi) is 2.87. The maximum absolute atomic E-state index is 8.23. The van der Waals surface area contributed by atoms with E-state index in [-0.39, 0.29) is 6.54 Å². The van der Waals surface area contributed by atoms with E-state index in [0.717, 1.165) is 10.3 Å². The normalized spacial score (nSPS) is 8.73. The monoisotopic (exact) mass is 211 g/mol.